The maximum Gasteiger partial charge on any atom is 0.416 e. The summed E-state index contributed by atoms with van der Waals surface area (Å²) in [4.78, 5) is 35.8. The van der Waals surface area contributed by atoms with Gasteiger partial charge in [-0.3, -0.25) is 19.7 Å². The maximum absolute atomic E-state index is 13.3. The standard InChI is InChI=1S/C20H17F4N3O3/c1-10-8-12(21)3-5-14(10)25-15-4-2-11(20(22,23)24)9-13(15)18(29)26-16-6-7-17(28)27-19(16)30/h2-5,8-9,16,25H,6-7H2,1H3,(H,26,29)(H,27,28,30). The van der Waals surface area contributed by atoms with Gasteiger partial charge in [0.05, 0.1) is 16.8 Å². The molecule has 10 heteroatoms. The molecule has 1 heterocycles. The number of halogens is 4. The van der Waals surface area contributed by atoms with Crippen molar-refractivity contribution in [2.45, 2.75) is 32.0 Å². The Hall–Kier alpha value is -3.43. The van der Waals surface area contributed by atoms with Crippen LogP contribution in [-0.2, 0) is 15.8 Å². The smallest absolute Gasteiger partial charge is 0.355 e. The molecule has 0 radical (unpaired) electrons. The number of hydrogen-bond acceptors (Lipinski definition) is 4. The molecule has 0 aromatic heterocycles. The zero-order valence-corrected chi connectivity index (χ0v) is 15.7. The maximum atomic E-state index is 13.3. The Balaban J connectivity index is 1.94. The number of piperidine rings is 1. The van der Waals surface area contributed by atoms with Gasteiger partial charge >= 0.3 is 6.18 Å². The zero-order chi connectivity index (χ0) is 22.1. The van der Waals surface area contributed by atoms with Crippen LogP contribution in [0.15, 0.2) is 36.4 Å². The Kier molecular flexibility index (Phi) is 5.77. The number of benzene rings is 2. The molecule has 158 valence electrons. The van der Waals surface area contributed by atoms with Crippen LogP contribution in [0, 0.1) is 12.7 Å². The molecule has 30 heavy (non-hydrogen) atoms. The van der Waals surface area contributed by atoms with E-state index in [0.717, 1.165) is 12.1 Å². The first-order valence-electron chi connectivity index (χ1n) is 8.93. The molecule has 1 atom stereocenters. The van der Waals surface area contributed by atoms with Crippen molar-refractivity contribution in [3.05, 3.63) is 58.9 Å². The van der Waals surface area contributed by atoms with Crippen LogP contribution >= 0.6 is 0 Å². The number of aryl methyl sites for hydroxylation is 1. The van der Waals surface area contributed by atoms with Crippen molar-refractivity contribution in [1.29, 1.82) is 0 Å². The van der Waals surface area contributed by atoms with Gasteiger partial charge in [0.1, 0.15) is 11.9 Å². The SMILES string of the molecule is Cc1cc(F)ccc1Nc1ccc(C(F)(F)F)cc1C(=O)NC1CCC(=O)NC1=O. The van der Waals surface area contributed by atoms with E-state index < -0.39 is 41.3 Å². The molecule has 1 aliphatic rings. The van der Waals surface area contributed by atoms with E-state index >= 15 is 0 Å². The Morgan fingerprint density at radius 2 is 1.80 bits per heavy atom. The Morgan fingerprint density at radius 1 is 1.10 bits per heavy atom. The number of carbonyl (C=O) groups excluding carboxylic acids is 3. The lowest BCUT2D eigenvalue weighted by atomic mass is 10.0. The highest BCUT2D eigenvalue weighted by molar-refractivity contribution is 6.05. The normalized spacial score (nSPS) is 16.8. The molecule has 3 rings (SSSR count). The van der Waals surface area contributed by atoms with Crippen molar-refractivity contribution in [3.63, 3.8) is 0 Å². The molecule has 3 amide bonds. The first-order chi connectivity index (χ1) is 14.0. The first kappa shape index (κ1) is 21.3. The third-order valence-electron chi connectivity index (χ3n) is 4.59. The number of rotatable bonds is 4. The van der Waals surface area contributed by atoms with Gasteiger partial charge in [-0.1, -0.05) is 0 Å². The molecular formula is C20H17F4N3O3. The van der Waals surface area contributed by atoms with Gasteiger partial charge in [0.2, 0.25) is 11.8 Å². The van der Waals surface area contributed by atoms with E-state index in [4.69, 9.17) is 0 Å². The fraction of sp³-hybridized carbons (Fsp3) is 0.250. The molecule has 2 aromatic carbocycles. The van der Waals surface area contributed by atoms with Crippen molar-refractivity contribution < 1.29 is 31.9 Å². The molecule has 0 spiro atoms. The van der Waals surface area contributed by atoms with Gasteiger partial charge in [-0.05, 0) is 55.3 Å². The van der Waals surface area contributed by atoms with Crippen LogP contribution in [-0.4, -0.2) is 23.8 Å². The number of hydrogen-bond donors (Lipinski definition) is 3. The summed E-state index contributed by atoms with van der Waals surface area (Å²) in [6.07, 6.45) is -4.65. The summed E-state index contributed by atoms with van der Waals surface area (Å²) >= 11 is 0. The van der Waals surface area contributed by atoms with E-state index in [2.05, 4.69) is 16.0 Å². The Morgan fingerprint density at radius 3 is 2.43 bits per heavy atom. The summed E-state index contributed by atoms with van der Waals surface area (Å²) < 4.78 is 52.8. The van der Waals surface area contributed by atoms with E-state index in [1.54, 1.807) is 6.92 Å². The number of amides is 3. The summed E-state index contributed by atoms with van der Waals surface area (Å²) in [5.74, 6) is -2.62. The van der Waals surface area contributed by atoms with Crippen LogP contribution in [0.2, 0.25) is 0 Å². The van der Waals surface area contributed by atoms with Gasteiger partial charge in [-0.15, -0.1) is 0 Å². The van der Waals surface area contributed by atoms with Crippen LogP contribution < -0.4 is 16.0 Å². The van der Waals surface area contributed by atoms with E-state index in [1.165, 1.54) is 18.2 Å². The predicted octanol–water partition coefficient (Wildman–Crippen LogP) is 3.43. The molecule has 0 bridgehead atoms. The summed E-state index contributed by atoms with van der Waals surface area (Å²) in [5.41, 5.74) is -0.476. The predicted molar refractivity (Wildman–Crippen MR) is 99.5 cm³/mol. The van der Waals surface area contributed by atoms with Crippen LogP contribution in [0.25, 0.3) is 0 Å². The molecule has 1 aliphatic heterocycles. The van der Waals surface area contributed by atoms with Crippen molar-refractivity contribution in [3.8, 4) is 0 Å². The van der Waals surface area contributed by atoms with E-state index in [1.807, 2.05) is 0 Å². The summed E-state index contributed by atoms with van der Waals surface area (Å²) in [6, 6.07) is 5.31. The molecule has 1 fully saturated rings. The lowest BCUT2D eigenvalue weighted by molar-refractivity contribution is -0.138. The Bertz CT molecular complexity index is 1020. The van der Waals surface area contributed by atoms with Crippen molar-refractivity contribution in [2.75, 3.05) is 5.32 Å². The monoisotopic (exact) mass is 423 g/mol. The lowest BCUT2D eigenvalue weighted by Gasteiger charge is -2.23. The highest BCUT2D eigenvalue weighted by Gasteiger charge is 2.33. The number of alkyl halides is 3. The number of anilines is 2. The molecular weight excluding hydrogens is 406 g/mol. The van der Waals surface area contributed by atoms with E-state index in [-0.39, 0.29) is 24.1 Å². The largest absolute Gasteiger partial charge is 0.416 e. The minimum Gasteiger partial charge on any atom is -0.355 e. The molecule has 2 aromatic rings. The molecule has 1 saturated heterocycles. The van der Waals surface area contributed by atoms with Crippen molar-refractivity contribution >= 4 is 29.1 Å². The second-order valence-corrected chi connectivity index (χ2v) is 6.82. The van der Waals surface area contributed by atoms with Crippen molar-refractivity contribution in [1.82, 2.24) is 10.6 Å². The molecule has 3 N–H and O–H groups in total. The van der Waals surface area contributed by atoms with E-state index in [0.29, 0.717) is 17.3 Å². The molecule has 1 unspecified atom stereocenters. The number of carbonyl (C=O) groups is 3. The van der Waals surface area contributed by atoms with Gasteiger partial charge < -0.3 is 10.6 Å². The number of imide groups is 1. The van der Waals surface area contributed by atoms with Gasteiger partial charge in [0.15, 0.2) is 0 Å². The van der Waals surface area contributed by atoms with Gasteiger partial charge in [0, 0.05) is 12.1 Å². The zero-order valence-electron chi connectivity index (χ0n) is 15.7. The van der Waals surface area contributed by atoms with Gasteiger partial charge in [0.25, 0.3) is 5.91 Å². The molecule has 6 nitrogen and oxygen atoms in total. The van der Waals surface area contributed by atoms with E-state index in [9.17, 15) is 31.9 Å². The minimum atomic E-state index is -4.69. The summed E-state index contributed by atoms with van der Waals surface area (Å²) in [7, 11) is 0. The first-order valence-corrected chi connectivity index (χ1v) is 8.93. The Labute approximate surface area is 168 Å². The van der Waals surface area contributed by atoms with Crippen LogP contribution in [0.4, 0.5) is 28.9 Å². The van der Waals surface area contributed by atoms with Crippen LogP contribution in [0.1, 0.15) is 34.3 Å². The third kappa shape index (κ3) is 4.76. The topological polar surface area (TPSA) is 87.3 Å². The van der Waals surface area contributed by atoms with Gasteiger partial charge in [-0.25, -0.2) is 4.39 Å². The second kappa shape index (κ2) is 8.13. The number of nitrogens with one attached hydrogen (secondary N) is 3. The highest BCUT2D eigenvalue weighted by atomic mass is 19.4. The average molecular weight is 423 g/mol. The lowest BCUT2D eigenvalue weighted by Crippen LogP contribution is -2.52. The molecule has 0 aliphatic carbocycles. The fourth-order valence-corrected chi connectivity index (χ4v) is 3.00. The minimum absolute atomic E-state index is 0.000835. The van der Waals surface area contributed by atoms with Crippen LogP contribution in [0.5, 0.6) is 0 Å². The second-order valence-electron chi connectivity index (χ2n) is 6.82. The highest BCUT2D eigenvalue weighted by Crippen LogP contribution is 2.33. The average Bonchev–Trinajstić information content (AvgIpc) is 2.65. The van der Waals surface area contributed by atoms with Crippen molar-refractivity contribution in [2.24, 2.45) is 0 Å². The van der Waals surface area contributed by atoms with Crippen LogP contribution in [0.3, 0.4) is 0 Å². The summed E-state index contributed by atoms with van der Waals surface area (Å²) in [5, 5.41) is 7.26. The molecule has 0 saturated carbocycles. The summed E-state index contributed by atoms with van der Waals surface area (Å²) in [6.45, 7) is 1.60. The quantitative estimate of drug-likeness (QED) is 0.520. The fourth-order valence-electron chi connectivity index (χ4n) is 3.00. The van der Waals surface area contributed by atoms with Gasteiger partial charge in [-0.2, -0.15) is 13.2 Å². The third-order valence-corrected chi connectivity index (χ3v) is 4.59.